The normalized spacial score (nSPS) is 11.5. The molecule has 9 nitrogen and oxygen atoms in total. The molecule has 0 spiro atoms. The standard InChI is InChI=1S/C17H20N6O3S/c1-19-27(24,25)10-9-23-8-7-21-17(23)12-3-4-14(26-2)13(11-12)16-20-6-5-15(18)22-16/h3-8,11,19H,9-10H2,1-2H3,(H2,18,20,22). The number of benzene rings is 1. The van der Waals surface area contributed by atoms with Gasteiger partial charge in [-0.05, 0) is 31.3 Å². The Balaban J connectivity index is 1.99. The van der Waals surface area contributed by atoms with E-state index in [2.05, 4.69) is 19.7 Å². The molecule has 0 bridgehead atoms. The van der Waals surface area contributed by atoms with Gasteiger partial charge in [-0.15, -0.1) is 0 Å². The van der Waals surface area contributed by atoms with E-state index in [9.17, 15) is 8.42 Å². The second kappa shape index (κ2) is 7.72. The Hall–Kier alpha value is -2.98. The van der Waals surface area contributed by atoms with Crippen LogP contribution in [0.5, 0.6) is 5.75 Å². The van der Waals surface area contributed by atoms with Crippen molar-refractivity contribution in [2.45, 2.75) is 6.54 Å². The maximum Gasteiger partial charge on any atom is 0.213 e. The van der Waals surface area contributed by atoms with Crippen molar-refractivity contribution in [2.75, 3.05) is 25.6 Å². The van der Waals surface area contributed by atoms with Gasteiger partial charge in [0, 0.05) is 30.7 Å². The molecular weight excluding hydrogens is 368 g/mol. The number of ether oxygens (including phenoxy) is 1. The molecule has 0 atom stereocenters. The van der Waals surface area contributed by atoms with Gasteiger partial charge < -0.3 is 15.0 Å². The van der Waals surface area contributed by atoms with Crippen LogP contribution in [0.4, 0.5) is 5.82 Å². The minimum atomic E-state index is -3.31. The molecule has 0 aliphatic carbocycles. The Bertz CT molecular complexity index is 1050. The number of anilines is 1. The highest BCUT2D eigenvalue weighted by molar-refractivity contribution is 7.89. The highest BCUT2D eigenvalue weighted by Gasteiger charge is 2.15. The Labute approximate surface area is 157 Å². The number of hydrogen-bond donors (Lipinski definition) is 2. The first kappa shape index (κ1) is 18.8. The van der Waals surface area contributed by atoms with Gasteiger partial charge >= 0.3 is 0 Å². The quantitative estimate of drug-likeness (QED) is 0.622. The van der Waals surface area contributed by atoms with Crippen molar-refractivity contribution in [1.82, 2.24) is 24.2 Å². The molecule has 27 heavy (non-hydrogen) atoms. The zero-order valence-corrected chi connectivity index (χ0v) is 15.8. The van der Waals surface area contributed by atoms with Crippen molar-refractivity contribution in [3.8, 4) is 28.5 Å². The van der Waals surface area contributed by atoms with Crippen molar-refractivity contribution in [2.24, 2.45) is 0 Å². The minimum absolute atomic E-state index is 0.0474. The number of imidazole rings is 1. The average molecular weight is 388 g/mol. The summed E-state index contributed by atoms with van der Waals surface area (Å²) in [5, 5.41) is 0. The third kappa shape index (κ3) is 4.23. The van der Waals surface area contributed by atoms with E-state index in [0.717, 1.165) is 5.56 Å². The molecule has 3 N–H and O–H groups in total. The van der Waals surface area contributed by atoms with E-state index in [-0.39, 0.29) is 12.3 Å². The maximum absolute atomic E-state index is 11.7. The molecule has 0 amide bonds. The average Bonchev–Trinajstić information content (AvgIpc) is 3.14. The van der Waals surface area contributed by atoms with Crippen LogP contribution in [-0.4, -0.2) is 47.8 Å². The van der Waals surface area contributed by atoms with Gasteiger partial charge in [-0.2, -0.15) is 0 Å². The highest BCUT2D eigenvalue weighted by atomic mass is 32.2. The second-order valence-electron chi connectivity index (χ2n) is 5.69. The van der Waals surface area contributed by atoms with E-state index < -0.39 is 10.0 Å². The molecule has 0 unspecified atom stereocenters. The van der Waals surface area contributed by atoms with Gasteiger partial charge in [0.25, 0.3) is 0 Å². The molecule has 0 aliphatic heterocycles. The fraction of sp³-hybridized carbons (Fsp3) is 0.235. The SMILES string of the molecule is CNS(=O)(=O)CCn1ccnc1-c1ccc(OC)c(-c2nccc(N)n2)c1. The molecular formula is C17H20N6O3S. The van der Waals surface area contributed by atoms with Crippen LogP contribution in [0.1, 0.15) is 0 Å². The number of rotatable bonds is 7. The summed E-state index contributed by atoms with van der Waals surface area (Å²) in [5.41, 5.74) is 7.21. The third-order valence-electron chi connectivity index (χ3n) is 4.00. The fourth-order valence-electron chi connectivity index (χ4n) is 2.59. The van der Waals surface area contributed by atoms with E-state index in [0.29, 0.717) is 28.8 Å². The van der Waals surface area contributed by atoms with E-state index in [1.165, 1.54) is 7.05 Å². The van der Waals surface area contributed by atoms with Crippen LogP contribution in [0.3, 0.4) is 0 Å². The van der Waals surface area contributed by atoms with Crippen LogP contribution >= 0.6 is 0 Å². The Morgan fingerprint density at radius 1 is 1.22 bits per heavy atom. The highest BCUT2D eigenvalue weighted by Crippen LogP contribution is 2.32. The van der Waals surface area contributed by atoms with E-state index in [1.807, 2.05) is 12.1 Å². The fourth-order valence-corrected chi connectivity index (χ4v) is 3.24. The predicted molar refractivity (Wildman–Crippen MR) is 102 cm³/mol. The third-order valence-corrected chi connectivity index (χ3v) is 5.35. The Kier molecular flexibility index (Phi) is 5.38. The molecule has 1 aromatic carbocycles. The smallest absolute Gasteiger partial charge is 0.213 e. The van der Waals surface area contributed by atoms with Crippen molar-refractivity contribution in [3.63, 3.8) is 0 Å². The van der Waals surface area contributed by atoms with Crippen molar-refractivity contribution in [3.05, 3.63) is 42.9 Å². The molecule has 0 saturated heterocycles. The van der Waals surface area contributed by atoms with Crippen molar-refractivity contribution >= 4 is 15.8 Å². The van der Waals surface area contributed by atoms with Gasteiger partial charge in [-0.3, -0.25) is 0 Å². The summed E-state index contributed by atoms with van der Waals surface area (Å²) >= 11 is 0. The number of aryl methyl sites for hydroxylation is 1. The predicted octanol–water partition coefficient (Wildman–Crippen LogP) is 1.15. The Morgan fingerprint density at radius 3 is 2.74 bits per heavy atom. The van der Waals surface area contributed by atoms with E-state index in [4.69, 9.17) is 10.5 Å². The van der Waals surface area contributed by atoms with Crippen LogP contribution in [0.15, 0.2) is 42.9 Å². The molecule has 3 rings (SSSR count). The molecule has 10 heteroatoms. The zero-order chi connectivity index (χ0) is 19.4. The molecule has 0 radical (unpaired) electrons. The molecule has 0 aliphatic rings. The summed E-state index contributed by atoms with van der Waals surface area (Å²) in [5.74, 6) is 1.97. The first-order valence-electron chi connectivity index (χ1n) is 8.13. The zero-order valence-electron chi connectivity index (χ0n) is 15.0. The summed E-state index contributed by atoms with van der Waals surface area (Å²) in [4.78, 5) is 12.9. The lowest BCUT2D eigenvalue weighted by Gasteiger charge is -2.12. The number of nitrogens with one attached hydrogen (secondary N) is 1. The van der Waals surface area contributed by atoms with Crippen LogP contribution < -0.4 is 15.2 Å². The molecule has 142 valence electrons. The van der Waals surface area contributed by atoms with Gasteiger partial charge in [0.2, 0.25) is 10.0 Å². The summed E-state index contributed by atoms with van der Waals surface area (Å²) in [6, 6.07) is 7.09. The monoisotopic (exact) mass is 388 g/mol. The number of nitrogens with zero attached hydrogens (tertiary/aromatic N) is 4. The molecule has 2 aromatic heterocycles. The van der Waals surface area contributed by atoms with Crippen LogP contribution in [0, 0.1) is 0 Å². The maximum atomic E-state index is 11.7. The summed E-state index contributed by atoms with van der Waals surface area (Å²) in [6.07, 6.45) is 4.94. The number of hydrogen-bond acceptors (Lipinski definition) is 7. The first-order valence-corrected chi connectivity index (χ1v) is 9.78. The Morgan fingerprint density at radius 2 is 2.04 bits per heavy atom. The lowest BCUT2D eigenvalue weighted by atomic mass is 10.1. The lowest BCUT2D eigenvalue weighted by Crippen LogP contribution is -2.24. The van der Waals surface area contributed by atoms with Crippen molar-refractivity contribution < 1.29 is 13.2 Å². The van der Waals surface area contributed by atoms with Gasteiger partial charge in [0.05, 0.1) is 18.4 Å². The molecule has 3 aromatic rings. The lowest BCUT2D eigenvalue weighted by molar-refractivity contribution is 0.416. The number of nitrogens with two attached hydrogens (primary N) is 1. The van der Waals surface area contributed by atoms with Crippen LogP contribution in [0.2, 0.25) is 0 Å². The van der Waals surface area contributed by atoms with Crippen LogP contribution in [-0.2, 0) is 16.6 Å². The summed E-state index contributed by atoms with van der Waals surface area (Å²) in [6.45, 7) is 0.272. The molecule has 0 fully saturated rings. The number of nitrogen functional groups attached to an aromatic ring is 1. The van der Waals surface area contributed by atoms with Gasteiger partial charge in [0.15, 0.2) is 5.82 Å². The van der Waals surface area contributed by atoms with Crippen LogP contribution in [0.25, 0.3) is 22.8 Å². The summed E-state index contributed by atoms with van der Waals surface area (Å²) in [7, 11) is -0.355. The number of aromatic nitrogens is 4. The number of sulfonamides is 1. The topological polar surface area (TPSA) is 125 Å². The van der Waals surface area contributed by atoms with E-state index >= 15 is 0 Å². The summed E-state index contributed by atoms with van der Waals surface area (Å²) < 4.78 is 32.9. The van der Waals surface area contributed by atoms with Gasteiger partial charge in [0.1, 0.15) is 17.4 Å². The minimum Gasteiger partial charge on any atom is -0.496 e. The first-order chi connectivity index (χ1) is 12.9. The number of methoxy groups -OCH3 is 1. The van der Waals surface area contributed by atoms with E-state index in [1.54, 1.807) is 42.4 Å². The largest absolute Gasteiger partial charge is 0.496 e. The molecule has 0 saturated carbocycles. The molecule has 2 heterocycles. The van der Waals surface area contributed by atoms with Gasteiger partial charge in [-0.25, -0.2) is 28.1 Å². The second-order valence-corrected chi connectivity index (χ2v) is 7.73. The van der Waals surface area contributed by atoms with Crippen molar-refractivity contribution in [1.29, 1.82) is 0 Å². The van der Waals surface area contributed by atoms with Gasteiger partial charge in [-0.1, -0.05) is 0 Å².